The van der Waals surface area contributed by atoms with Gasteiger partial charge in [0.2, 0.25) is 0 Å². The zero-order valence-corrected chi connectivity index (χ0v) is 16.2. The number of hydrogen-bond donors (Lipinski definition) is 0. The summed E-state index contributed by atoms with van der Waals surface area (Å²) in [5, 5.41) is 0. The summed E-state index contributed by atoms with van der Waals surface area (Å²) in [6.07, 6.45) is 0.712. The second kappa shape index (κ2) is 8.51. The molecule has 1 aliphatic rings. The first-order valence-corrected chi connectivity index (χ1v) is 8.66. The molecule has 0 radical (unpaired) electrons. The van der Waals surface area contributed by atoms with Gasteiger partial charge in [0, 0.05) is 25.1 Å². The Balaban J connectivity index is 2.48. The van der Waals surface area contributed by atoms with E-state index in [1.165, 1.54) is 0 Å². The summed E-state index contributed by atoms with van der Waals surface area (Å²) in [5.74, 6) is -1.81. The highest BCUT2D eigenvalue weighted by Gasteiger charge is 2.46. The average Bonchev–Trinajstić information content (AvgIpc) is 2.57. The van der Waals surface area contributed by atoms with Crippen molar-refractivity contribution in [3.63, 3.8) is 0 Å². The van der Waals surface area contributed by atoms with Crippen LogP contribution in [-0.4, -0.2) is 70.1 Å². The van der Waals surface area contributed by atoms with Crippen LogP contribution in [0.5, 0.6) is 5.75 Å². The van der Waals surface area contributed by atoms with E-state index in [1.807, 2.05) is 45.2 Å². The van der Waals surface area contributed by atoms with Gasteiger partial charge in [0.05, 0.1) is 7.11 Å². The van der Waals surface area contributed by atoms with Crippen molar-refractivity contribution in [1.82, 2.24) is 9.80 Å². The van der Waals surface area contributed by atoms with Crippen LogP contribution in [0.1, 0.15) is 24.0 Å². The molecule has 7 heteroatoms. The number of benzene rings is 1. The highest BCUT2D eigenvalue weighted by atomic mass is 16.7. The second-order valence-corrected chi connectivity index (χ2v) is 7.01. The van der Waals surface area contributed by atoms with Gasteiger partial charge < -0.3 is 24.0 Å². The molecule has 1 aromatic carbocycles. The summed E-state index contributed by atoms with van der Waals surface area (Å²) < 4.78 is 16.6. The third-order valence-corrected chi connectivity index (χ3v) is 4.29. The van der Waals surface area contributed by atoms with Gasteiger partial charge in [-0.2, -0.15) is 0 Å². The van der Waals surface area contributed by atoms with Crippen molar-refractivity contribution in [3.05, 3.63) is 29.3 Å². The number of carbonyl (C=O) groups excluding carboxylic acids is 2. The van der Waals surface area contributed by atoms with E-state index in [4.69, 9.17) is 14.2 Å². The van der Waals surface area contributed by atoms with Crippen molar-refractivity contribution >= 4 is 11.9 Å². The van der Waals surface area contributed by atoms with E-state index in [-0.39, 0.29) is 6.42 Å². The summed E-state index contributed by atoms with van der Waals surface area (Å²) in [5.41, 5.74) is 1.63. The van der Waals surface area contributed by atoms with Crippen LogP contribution < -0.4 is 4.74 Å². The molecule has 0 saturated carbocycles. The molecule has 1 saturated heterocycles. The highest BCUT2D eigenvalue weighted by Crippen LogP contribution is 2.38. The van der Waals surface area contributed by atoms with Crippen molar-refractivity contribution < 1.29 is 23.8 Å². The lowest BCUT2D eigenvalue weighted by atomic mass is 9.93. The number of carbonyl (C=O) groups is 2. The topological polar surface area (TPSA) is 68.3 Å². The maximum atomic E-state index is 12.0. The van der Waals surface area contributed by atoms with Gasteiger partial charge in [-0.05, 0) is 58.4 Å². The number of cyclic esters (lactones) is 2. The van der Waals surface area contributed by atoms with Crippen LogP contribution in [0.25, 0.3) is 0 Å². The number of ether oxygens (including phenoxy) is 3. The Bertz CT molecular complexity index is 641. The molecule has 0 aromatic heterocycles. The molecule has 1 aliphatic heterocycles. The maximum absolute atomic E-state index is 12.0. The van der Waals surface area contributed by atoms with Crippen LogP contribution in [0, 0.1) is 0 Å². The molecule has 7 nitrogen and oxygen atoms in total. The lowest BCUT2D eigenvalue weighted by Crippen LogP contribution is -2.45. The van der Waals surface area contributed by atoms with E-state index in [0.29, 0.717) is 30.7 Å². The minimum absolute atomic E-state index is 0.354. The Kier molecular flexibility index (Phi) is 6.61. The summed E-state index contributed by atoms with van der Waals surface area (Å²) in [6.45, 7) is 1.39. The Morgan fingerprint density at radius 3 is 2.19 bits per heavy atom. The molecule has 1 heterocycles. The van der Waals surface area contributed by atoms with Crippen molar-refractivity contribution in [2.45, 2.75) is 25.0 Å². The molecule has 144 valence electrons. The van der Waals surface area contributed by atoms with Crippen molar-refractivity contribution in [2.75, 3.05) is 48.4 Å². The van der Waals surface area contributed by atoms with Crippen LogP contribution >= 0.6 is 0 Å². The number of methoxy groups -OCH3 is 1. The molecule has 0 unspecified atom stereocenters. The Morgan fingerprint density at radius 2 is 1.65 bits per heavy atom. The second-order valence-electron chi connectivity index (χ2n) is 7.01. The van der Waals surface area contributed by atoms with Crippen LogP contribution in [0.2, 0.25) is 0 Å². The minimum atomic E-state index is -1.40. The summed E-state index contributed by atoms with van der Waals surface area (Å²) in [4.78, 5) is 28.1. The van der Waals surface area contributed by atoms with Gasteiger partial charge in [0.25, 0.3) is 5.79 Å². The van der Waals surface area contributed by atoms with Gasteiger partial charge in [0.15, 0.2) is 0 Å². The largest absolute Gasteiger partial charge is 0.497 e. The van der Waals surface area contributed by atoms with Crippen molar-refractivity contribution in [3.8, 4) is 5.75 Å². The number of likely N-dealkylation sites (N-methyl/N-ethyl adjacent to an activating group) is 1. The first kappa shape index (κ1) is 20.2. The number of rotatable bonds is 8. The van der Waals surface area contributed by atoms with Gasteiger partial charge in [0.1, 0.15) is 12.2 Å². The summed E-state index contributed by atoms with van der Waals surface area (Å²) in [7, 11) is 9.42. The van der Waals surface area contributed by atoms with Crippen LogP contribution in [-0.2, 0) is 31.3 Å². The fraction of sp³-hybridized carbons (Fsp3) is 0.579. The molecular weight excluding hydrogens is 336 g/mol. The fourth-order valence-corrected chi connectivity index (χ4v) is 2.92. The fourth-order valence-electron chi connectivity index (χ4n) is 2.92. The number of esters is 2. The first-order valence-electron chi connectivity index (χ1n) is 8.66. The molecule has 0 N–H and O–H groups in total. The zero-order valence-electron chi connectivity index (χ0n) is 16.2. The third kappa shape index (κ3) is 4.95. The van der Waals surface area contributed by atoms with Gasteiger partial charge in [-0.25, -0.2) is 0 Å². The minimum Gasteiger partial charge on any atom is -0.497 e. The van der Waals surface area contributed by atoms with E-state index >= 15 is 0 Å². The molecule has 0 spiro atoms. The molecule has 0 amide bonds. The lowest BCUT2D eigenvalue weighted by Gasteiger charge is -2.38. The van der Waals surface area contributed by atoms with Crippen molar-refractivity contribution in [2.24, 2.45) is 0 Å². The molecule has 0 bridgehead atoms. The molecule has 0 atom stereocenters. The van der Waals surface area contributed by atoms with E-state index < -0.39 is 17.7 Å². The standard InChI is InChI=1S/C19H28N2O5/c1-20(2)10-8-14-12-15(24-5)6-7-16(14)19(9-11-21(3)4)25-17(22)13-18(23)26-19/h6-7,12H,8-11,13H2,1-5H3. The highest BCUT2D eigenvalue weighted by molar-refractivity contribution is 5.93. The Morgan fingerprint density at radius 1 is 1.04 bits per heavy atom. The van der Waals surface area contributed by atoms with E-state index in [0.717, 1.165) is 12.1 Å². The van der Waals surface area contributed by atoms with Crippen LogP contribution in [0.3, 0.4) is 0 Å². The molecule has 26 heavy (non-hydrogen) atoms. The van der Waals surface area contributed by atoms with Gasteiger partial charge >= 0.3 is 11.9 Å². The smallest absolute Gasteiger partial charge is 0.320 e. The van der Waals surface area contributed by atoms with Gasteiger partial charge in [-0.1, -0.05) is 0 Å². The SMILES string of the molecule is COc1ccc(C2(CCN(C)C)OC(=O)CC(=O)O2)c(CCN(C)C)c1. The molecular formula is C19H28N2O5. The van der Waals surface area contributed by atoms with E-state index in [1.54, 1.807) is 13.2 Å². The molecule has 1 aromatic rings. The quantitative estimate of drug-likeness (QED) is 0.510. The first-order chi connectivity index (χ1) is 12.3. The predicted octanol–water partition coefficient (Wildman–Crippen LogP) is 1.39. The molecule has 0 aliphatic carbocycles. The summed E-state index contributed by atoms with van der Waals surface area (Å²) >= 11 is 0. The monoisotopic (exact) mass is 364 g/mol. The number of nitrogens with zero attached hydrogens (tertiary/aromatic N) is 2. The average molecular weight is 364 g/mol. The van der Waals surface area contributed by atoms with Gasteiger partial charge in [-0.15, -0.1) is 0 Å². The molecule has 2 rings (SSSR count). The zero-order chi connectivity index (χ0) is 19.3. The summed E-state index contributed by atoms with van der Waals surface area (Å²) in [6, 6.07) is 5.53. The Labute approximate surface area is 154 Å². The van der Waals surface area contributed by atoms with Gasteiger partial charge in [-0.3, -0.25) is 9.59 Å². The molecule has 1 fully saturated rings. The third-order valence-electron chi connectivity index (χ3n) is 4.29. The lowest BCUT2D eigenvalue weighted by molar-refractivity contribution is -0.253. The van der Waals surface area contributed by atoms with E-state index in [9.17, 15) is 9.59 Å². The maximum Gasteiger partial charge on any atom is 0.320 e. The van der Waals surface area contributed by atoms with Crippen LogP contribution in [0.4, 0.5) is 0 Å². The number of hydrogen-bond acceptors (Lipinski definition) is 7. The van der Waals surface area contributed by atoms with Crippen molar-refractivity contribution in [1.29, 1.82) is 0 Å². The normalized spacial score (nSPS) is 16.6. The van der Waals surface area contributed by atoms with Crippen LogP contribution in [0.15, 0.2) is 18.2 Å². The Hall–Kier alpha value is -2.12. The van der Waals surface area contributed by atoms with E-state index in [2.05, 4.69) is 4.90 Å². The predicted molar refractivity (Wildman–Crippen MR) is 96.9 cm³/mol.